The number of H-pyrrole nitrogens is 1. The van der Waals surface area contributed by atoms with Crippen LogP contribution in [0.2, 0.25) is 0 Å². The van der Waals surface area contributed by atoms with Gasteiger partial charge in [-0.25, -0.2) is 4.98 Å². The monoisotopic (exact) mass is 436 g/mol. The van der Waals surface area contributed by atoms with Crippen molar-refractivity contribution in [2.75, 3.05) is 26.7 Å². The Labute approximate surface area is 188 Å². The minimum atomic E-state index is -0.00494. The number of aromatic amines is 1. The van der Waals surface area contributed by atoms with E-state index >= 15 is 0 Å². The Kier molecular flexibility index (Phi) is 6.00. The molecule has 1 saturated carbocycles. The van der Waals surface area contributed by atoms with Crippen LogP contribution >= 0.6 is 0 Å². The summed E-state index contributed by atoms with van der Waals surface area (Å²) < 4.78 is 5.25. The van der Waals surface area contributed by atoms with E-state index in [0.29, 0.717) is 25.4 Å². The van der Waals surface area contributed by atoms with Gasteiger partial charge in [-0.3, -0.25) is 14.5 Å². The summed E-state index contributed by atoms with van der Waals surface area (Å²) >= 11 is 0. The van der Waals surface area contributed by atoms with E-state index in [9.17, 15) is 9.59 Å². The van der Waals surface area contributed by atoms with Crippen molar-refractivity contribution in [1.29, 1.82) is 0 Å². The molecule has 1 aromatic heterocycles. The summed E-state index contributed by atoms with van der Waals surface area (Å²) in [6.45, 7) is 3.78. The highest BCUT2D eigenvalue weighted by Crippen LogP contribution is 2.31. The zero-order chi connectivity index (χ0) is 22.1. The van der Waals surface area contributed by atoms with Crippen molar-refractivity contribution in [1.82, 2.24) is 19.8 Å². The molecule has 1 aliphatic carbocycles. The van der Waals surface area contributed by atoms with Crippen LogP contribution in [0.1, 0.15) is 60.7 Å². The van der Waals surface area contributed by atoms with Crippen LogP contribution in [0.3, 0.4) is 0 Å². The number of rotatable bonds is 5. The summed E-state index contributed by atoms with van der Waals surface area (Å²) in [5.41, 5.74) is 2.92. The molecule has 1 amide bonds. The second kappa shape index (κ2) is 9.06. The maximum atomic E-state index is 12.8. The molecule has 1 aromatic carbocycles. The standard InChI is InChI=1S/C25H32N4O3/c1-32-20-8-6-17(7-9-20)14-28-12-11-21-22(16-28)26-23(27-24(21)30)19-10-13-29(15-19)25(31)18-4-2-3-5-18/h6-9,18-19H,2-5,10-16H2,1H3,(H,26,27,30)/t19-/m0/s1. The molecule has 0 unspecified atom stereocenters. The van der Waals surface area contributed by atoms with Gasteiger partial charge in [0.1, 0.15) is 11.6 Å². The van der Waals surface area contributed by atoms with Crippen LogP contribution in [-0.2, 0) is 24.3 Å². The molecule has 7 nitrogen and oxygen atoms in total. The second-order valence-corrected chi connectivity index (χ2v) is 9.44. The lowest BCUT2D eigenvalue weighted by Crippen LogP contribution is -2.36. The molecule has 5 rings (SSSR count). The first kappa shape index (κ1) is 21.2. The third-order valence-corrected chi connectivity index (χ3v) is 7.33. The van der Waals surface area contributed by atoms with Gasteiger partial charge in [-0.2, -0.15) is 0 Å². The minimum Gasteiger partial charge on any atom is -0.497 e. The van der Waals surface area contributed by atoms with Crippen molar-refractivity contribution in [3.63, 3.8) is 0 Å². The van der Waals surface area contributed by atoms with Gasteiger partial charge < -0.3 is 14.6 Å². The van der Waals surface area contributed by atoms with E-state index in [4.69, 9.17) is 9.72 Å². The van der Waals surface area contributed by atoms with Crippen LogP contribution in [0.15, 0.2) is 29.1 Å². The highest BCUT2D eigenvalue weighted by Gasteiger charge is 2.34. The topological polar surface area (TPSA) is 78.5 Å². The smallest absolute Gasteiger partial charge is 0.254 e. The van der Waals surface area contributed by atoms with Crippen LogP contribution in [0, 0.1) is 5.92 Å². The summed E-state index contributed by atoms with van der Waals surface area (Å²) in [4.78, 5) is 37.9. The van der Waals surface area contributed by atoms with Gasteiger partial charge in [-0.15, -0.1) is 0 Å². The number of likely N-dealkylation sites (tertiary alicyclic amines) is 1. The molecule has 0 radical (unpaired) electrons. The zero-order valence-electron chi connectivity index (χ0n) is 18.8. The fourth-order valence-corrected chi connectivity index (χ4v) is 5.45. The van der Waals surface area contributed by atoms with E-state index in [-0.39, 0.29) is 17.4 Å². The third-order valence-electron chi connectivity index (χ3n) is 7.33. The molecule has 7 heteroatoms. The fourth-order valence-electron chi connectivity index (χ4n) is 5.45. The summed E-state index contributed by atoms with van der Waals surface area (Å²) in [7, 11) is 1.67. The van der Waals surface area contributed by atoms with Crippen LogP contribution in [0.5, 0.6) is 5.75 Å². The quantitative estimate of drug-likeness (QED) is 0.780. The van der Waals surface area contributed by atoms with Gasteiger partial charge in [0.15, 0.2) is 0 Å². The maximum absolute atomic E-state index is 12.8. The van der Waals surface area contributed by atoms with E-state index in [1.165, 1.54) is 18.4 Å². The SMILES string of the molecule is COc1ccc(CN2CCc3c(nc([C@H]4CCN(C(=O)C5CCCC5)C4)[nH]c3=O)C2)cc1. The number of aromatic nitrogens is 2. The van der Waals surface area contributed by atoms with E-state index in [0.717, 1.165) is 61.7 Å². The maximum Gasteiger partial charge on any atom is 0.254 e. The molecule has 1 saturated heterocycles. The summed E-state index contributed by atoms with van der Waals surface area (Å²) in [5, 5.41) is 0. The second-order valence-electron chi connectivity index (χ2n) is 9.44. The number of carbonyl (C=O) groups is 1. The highest BCUT2D eigenvalue weighted by atomic mass is 16.5. The molecule has 3 heterocycles. The number of hydrogen-bond acceptors (Lipinski definition) is 5. The molecule has 0 bridgehead atoms. The normalized spacial score (nSPS) is 21.7. The largest absolute Gasteiger partial charge is 0.497 e. The van der Waals surface area contributed by atoms with Crippen molar-refractivity contribution < 1.29 is 9.53 Å². The van der Waals surface area contributed by atoms with Crippen LogP contribution in [0.4, 0.5) is 0 Å². The summed E-state index contributed by atoms with van der Waals surface area (Å²) in [6, 6.07) is 8.12. The lowest BCUT2D eigenvalue weighted by molar-refractivity contribution is -0.134. The number of ether oxygens (including phenoxy) is 1. The van der Waals surface area contributed by atoms with E-state index in [1.54, 1.807) is 7.11 Å². The lowest BCUT2D eigenvalue weighted by atomic mass is 10.0. The lowest BCUT2D eigenvalue weighted by Gasteiger charge is -2.28. The number of benzene rings is 1. The molecule has 2 aliphatic heterocycles. The average molecular weight is 437 g/mol. The highest BCUT2D eigenvalue weighted by molar-refractivity contribution is 5.79. The Morgan fingerprint density at radius 1 is 1.16 bits per heavy atom. The number of methoxy groups -OCH3 is 1. The molecule has 3 aliphatic rings. The molecule has 32 heavy (non-hydrogen) atoms. The van der Waals surface area contributed by atoms with E-state index < -0.39 is 0 Å². The van der Waals surface area contributed by atoms with Crippen LogP contribution < -0.4 is 10.3 Å². The Balaban J connectivity index is 1.27. The van der Waals surface area contributed by atoms with Crippen molar-refractivity contribution in [3.05, 3.63) is 57.3 Å². The van der Waals surface area contributed by atoms with E-state index in [1.807, 2.05) is 17.0 Å². The van der Waals surface area contributed by atoms with Gasteiger partial charge in [0.05, 0.1) is 12.8 Å². The Morgan fingerprint density at radius 3 is 2.69 bits per heavy atom. The summed E-state index contributed by atoms with van der Waals surface area (Å²) in [5.74, 6) is 2.23. The van der Waals surface area contributed by atoms with Crippen molar-refractivity contribution in [2.24, 2.45) is 5.92 Å². The molecule has 1 N–H and O–H groups in total. The number of carbonyl (C=O) groups excluding carboxylic acids is 1. The van der Waals surface area contributed by atoms with Crippen molar-refractivity contribution >= 4 is 5.91 Å². The first-order chi connectivity index (χ1) is 15.6. The zero-order valence-corrected chi connectivity index (χ0v) is 18.8. The first-order valence-electron chi connectivity index (χ1n) is 11.9. The average Bonchev–Trinajstić information content (AvgIpc) is 3.52. The molecular formula is C25H32N4O3. The number of fused-ring (bicyclic) bond motifs is 1. The Bertz CT molecular complexity index is 1030. The Morgan fingerprint density at radius 2 is 1.94 bits per heavy atom. The third kappa shape index (κ3) is 4.31. The number of nitrogens with one attached hydrogen (secondary N) is 1. The van der Waals surface area contributed by atoms with Gasteiger partial charge in [0.25, 0.3) is 5.56 Å². The molecular weight excluding hydrogens is 404 g/mol. The molecule has 2 fully saturated rings. The van der Waals surface area contributed by atoms with Gasteiger partial charge in [0.2, 0.25) is 5.91 Å². The number of amides is 1. The van der Waals surface area contributed by atoms with Crippen molar-refractivity contribution in [3.8, 4) is 5.75 Å². The molecule has 170 valence electrons. The predicted molar refractivity (Wildman–Crippen MR) is 122 cm³/mol. The minimum absolute atomic E-state index is 0.00494. The van der Waals surface area contributed by atoms with Gasteiger partial charge >= 0.3 is 0 Å². The van der Waals surface area contributed by atoms with Gasteiger partial charge in [0, 0.05) is 50.1 Å². The van der Waals surface area contributed by atoms with Gasteiger partial charge in [-0.1, -0.05) is 25.0 Å². The Hall–Kier alpha value is -2.67. The van der Waals surface area contributed by atoms with Crippen molar-refractivity contribution in [2.45, 2.75) is 57.5 Å². The molecule has 1 atom stereocenters. The molecule has 2 aromatic rings. The molecule has 0 spiro atoms. The van der Waals surface area contributed by atoms with E-state index in [2.05, 4.69) is 22.0 Å². The van der Waals surface area contributed by atoms with Crippen LogP contribution in [-0.4, -0.2) is 52.4 Å². The predicted octanol–water partition coefficient (Wildman–Crippen LogP) is 2.84. The first-order valence-corrected chi connectivity index (χ1v) is 11.9. The number of hydrogen-bond donors (Lipinski definition) is 1. The number of nitrogens with zero attached hydrogens (tertiary/aromatic N) is 3. The van der Waals surface area contributed by atoms with Crippen LogP contribution in [0.25, 0.3) is 0 Å². The van der Waals surface area contributed by atoms with Gasteiger partial charge in [-0.05, 0) is 43.4 Å². The summed E-state index contributed by atoms with van der Waals surface area (Å²) in [6.07, 6.45) is 5.97. The fraction of sp³-hybridized carbons (Fsp3) is 0.560.